The summed E-state index contributed by atoms with van der Waals surface area (Å²) in [6.45, 7) is 2.74. The zero-order chi connectivity index (χ0) is 15.9. The van der Waals surface area contributed by atoms with Gasteiger partial charge in [0.2, 0.25) is 0 Å². The lowest BCUT2D eigenvalue weighted by Crippen LogP contribution is -2.44. The van der Waals surface area contributed by atoms with Gasteiger partial charge >= 0.3 is 0 Å². The zero-order valence-electron chi connectivity index (χ0n) is 13.4. The van der Waals surface area contributed by atoms with Crippen molar-refractivity contribution in [3.63, 3.8) is 0 Å². The Balaban J connectivity index is 1.79. The summed E-state index contributed by atoms with van der Waals surface area (Å²) in [6.07, 6.45) is 6.22. The van der Waals surface area contributed by atoms with E-state index in [0.29, 0.717) is 18.3 Å². The molecule has 22 heavy (non-hydrogen) atoms. The third kappa shape index (κ3) is 4.51. The molecule has 6 nitrogen and oxygen atoms in total. The van der Waals surface area contributed by atoms with Crippen molar-refractivity contribution >= 4 is 11.9 Å². The summed E-state index contributed by atoms with van der Waals surface area (Å²) in [5, 5.41) is 6.66. The molecule has 0 aromatic carbocycles. The first-order valence-electron chi connectivity index (χ1n) is 7.98. The number of aliphatic imine (C=N–C) groups is 1. The first-order chi connectivity index (χ1) is 10.6. The highest BCUT2D eigenvalue weighted by Gasteiger charge is 2.20. The number of hydrogen-bond donors (Lipinski definition) is 3. The minimum atomic E-state index is -0.554. The zero-order valence-corrected chi connectivity index (χ0v) is 13.4. The van der Waals surface area contributed by atoms with Crippen molar-refractivity contribution in [2.75, 3.05) is 7.05 Å². The van der Waals surface area contributed by atoms with Gasteiger partial charge in [0, 0.05) is 13.1 Å². The van der Waals surface area contributed by atoms with Crippen LogP contribution in [0.5, 0.6) is 0 Å². The van der Waals surface area contributed by atoms with E-state index in [4.69, 9.17) is 10.2 Å². The average molecular weight is 306 g/mol. The molecule has 0 aliphatic heterocycles. The Bertz CT molecular complexity index is 516. The van der Waals surface area contributed by atoms with Crippen LogP contribution >= 0.6 is 0 Å². The lowest BCUT2D eigenvalue weighted by molar-refractivity contribution is 0.0972. The fourth-order valence-corrected chi connectivity index (χ4v) is 2.88. The highest BCUT2D eigenvalue weighted by molar-refractivity contribution is 5.89. The number of hydrogen-bond acceptors (Lipinski definition) is 3. The quantitative estimate of drug-likeness (QED) is 0.573. The van der Waals surface area contributed by atoms with E-state index in [9.17, 15) is 4.79 Å². The van der Waals surface area contributed by atoms with E-state index in [0.717, 1.165) is 11.9 Å². The van der Waals surface area contributed by atoms with Gasteiger partial charge in [-0.25, -0.2) is 0 Å². The number of furan rings is 1. The number of primary amides is 1. The molecule has 0 atom stereocenters. The largest absolute Gasteiger partial charge is 0.454 e. The highest BCUT2D eigenvalue weighted by atomic mass is 16.3. The number of carbonyl (C=O) groups excluding carboxylic acids is 1. The van der Waals surface area contributed by atoms with E-state index in [2.05, 4.69) is 22.5 Å². The van der Waals surface area contributed by atoms with Crippen LogP contribution in [-0.4, -0.2) is 25.0 Å². The van der Waals surface area contributed by atoms with E-state index in [1.165, 1.54) is 32.1 Å². The number of nitrogens with one attached hydrogen (secondary N) is 2. The molecule has 1 aliphatic carbocycles. The maximum Gasteiger partial charge on any atom is 0.284 e. The molecule has 1 amide bonds. The van der Waals surface area contributed by atoms with Crippen molar-refractivity contribution in [3.05, 3.63) is 23.7 Å². The molecule has 1 aromatic rings. The lowest BCUT2D eigenvalue weighted by atomic mass is 9.84. The summed E-state index contributed by atoms with van der Waals surface area (Å²) in [6, 6.07) is 3.81. The molecule has 1 fully saturated rings. The molecule has 0 bridgehead atoms. The maximum absolute atomic E-state index is 11.0. The molecule has 4 N–H and O–H groups in total. The van der Waals surface area contributed by atoms with Gasteiger partial charge in [-0.2, -0.15) is 0 Å². The van der Waals surface area contributed by atoms with Crippen molar-refractivity contribution in [1.29, 1.82) is 0 Å². The molecule has 2 rings (SSSR count). The van der Waals surface area contributed by atoms with Crippen LogP contribution in [0, 0.1) is 5.92 Å². The summed E-state index contributed by atoms with van der Waals surface area (Å²) in [5.41, 5.74) is 5.17. The minimum absolute atomic E-state index is 0.178. The summed E-state index contributed by atoms with van der Waals surface area (Å²) in [7, 11) is 1.75. The van der Waals surface area contributed by atoms with Crippen molar-refractivity contribution < 1.29 is 9.21 Å². The lowest BCUT2D eigenvalue weighted by Gasteiger charge is -2.29. The van der Waals surface area contributed by atoms with Crippen LogP contribution in [0.25, 0.3) is 0 Å². The second-order valence-corrected chi connectivity index (χ2v) is 5.83. The fourth-order valence-electron chi connectivity index (χ4n) is 2.88. The average Bonchev–Trinajstić information content (AvgIpc) is 3.01. The molecular weight excluding hydrogens is 280 g/mol. The Hall–Kier alpha value is -1.98. The number of amides is 1. The highest BCUT2D eigenvalue weighted by Crippen LogP contribution is 2.26. The van der Waals surface area contributed by atoms with Gasteiger partial charge in [-0.3, -0.25) is 9.79 Å². The minimum Gasteiger partial charge on any atom is -0.454 e. The predicted octanol–water partition coefficient (Wildman–Crippen LogP) is 2.01. The summed E-state index contributed by atoms with van der Waals surface area (Å²) < 4.78 is 5.34. The predicted molar refractivity (Wildman–Crippen MR) is 86.6 cm³/mol. The Morgan fingerprint density at radius 3 is 2.64 bits per heavy atom. The van der Waals surface area contributed by atoms with Crippen molar-refractivity contribution in [3.8, 4) is 0 Å². The van der Waals surface area contributed by atoms with Gasteiger partial charge < -0.3 is 20.8 Å². The number of nitrogens with zero attached hydrogens (tertiary/aromatic N) is 1. The monoisotopic (exact) mass is 306 g/mol. The fraction of sp³-hybridized carbons (Fsp3) is 0.625. The second-order valence-electron chi connectivity index (χ2n) is 5.83. The third-order valence-electron chi connectivity index (χ3n) is 4.32. The molecule has 6 heteroatoms. The topological polar surface area (TPSA) is 92.6 Å². The van der Waals surface area contributed by atoms with Crippen LogP contribution < -0.4 is 16.4 Å². The Morgan fingerprint density at radius 2 is 2.09 bits per heavy atom. The van der Waals surface area contributed by atoms with Gasteiger partial charge in [0.1, 0.15) is 5.76 Å². The van der Waals surface area contributed by atoms with E-state index >= 15 is 0 Å². The smallest absolute Gasteiger partial charge is 0.284 e. The van der Waals surface area contributed by atoms with Gasteiger partial charge in [0.25, 0.3) is 5.91 Å². The van der Waals surface area contributed by atoms with Crippen molar-refractivity contribution in [2.24, 2.45) is 16.6 Å². The molecule has 122 valence electrons. The first kappa shape index (κ1) is 16.4. The molecule has 1 aromatic heterocycles. The summed E-state index contributed by atoms with van der Waals surface area (Å²) in [4.78, 5) is 15.2. The maximum atomic E-state index is 11.0. The van der Waals surface area contributed by atoms with Gasteiger partial charge in [0.15, 0.2) is 11.7 Å². The molecule has 0 unspecified atom stereocenters. The van der Waals surface area contributed by atoms with Crippen molar-refractivity contribution in [2.45, 2.75) is 51.6 Å². The van der Waals surface area contributed by atoms with E-state index in [-0.39, 0.29) is 5.76 Å². The molecular formula is C16H26N4O2. The number of rotatable bonds is 5. The van der Waals surface area contributed by atoms with Crippen LogP contribution in [0.2, 0.25) is 0 Å². The molecule has 1 aliphatic rings. The van der Waals surface area contributed by atoms with E-state index in [1.54, 1.807) is 19.2 Å². The van der Waals surface area contributed by atoms with E-state index in [1.807, 2.05) is 0 Å². The van der Waals surface area contributed by atoms with Crippen LogP contribution in [0.1, 0.15) is 55.3 Å². The molecule has 0 spiro atoms. The van der Waals surface area contributed by atoms with Crippen LogP contribution in [0.15, 0.2) is 21.5 Å². The van der Waals surface area contributed by atoms with Crippen molar-refractivity contribution in [1.82, 2.24) is 10.6 Å². The number of carbonyl (C=O) groups is 1. The SMILES string of the molecule is CCC1CCC(NC(=NC)NCc2ccc(C(N)=O)o2)CC1. The number of guanidine groups is 1. The first-order valence-corrected chi connectivity index (χ1v) is 7.98. The standard InChI is InChI=1S/C16H26N4O2/c1-3-11-4-6-12(7-5-11)20-16(18-2)19-10-13-8-9-14(22-13)15(17)21/h8-9,11-12H,3-7,10H2,1-2H3,(H2,17,21)(H2,18,19,20). The molecule has 0 saturated heterocycles. The van der Waals surface area contributed by atoms with Gasteiger partial charge in [0.05, 0.1) is 6.54 Å². The number of nitrogens with two attached hydrogens (primary N) is 1. The second kappa shape index (κ2) is 7.87. The van der Waals surface area contributed by atoms with Gasteiger partial charge in [-0.05, 0) is 43.7 Å². The van der Waals surface area contributed by atoms with Crippen LogP contribution in [0.3, 0.4) is 0 Å². The van der Waals surface area contributed by atoms with Crippen LogP contribution in [0.4, 0.5) is 0 Å². The third-order valence-corrected chi connectivity index (χ3v) is 4.32. The van der Waals surface area contributed by atoms with E-state index < -0.39 is 5.91 Å². The Labute approximate surface area is 131 Å². The summed E-state index contributed by atoms with van der Waals surface area (Å²) in [5.74, 6) is 1.92. The normalized spacial score (nSPS) is 22.4. The summed E-state index contributed by atoms with van der Waals surface area (Å²) >= 11 is 0. The molecule has 1 heterocycles. The van der Waals surface area contributed by atoms with Crippen LogP contribution in [-0.2, 0) is 6.54 Å². The van der Waals surface area contributed by atoms with Gasteiger partial charge in [-0.15, -0.1) is 0 Å². The Kier molecular flexibility index (Phi) is 5.86. The van der Waals surface area contributed by atoms with Gasteiger partial charge in [-0.1, -0.05) is 13.3 Å². The molecule has 1 saturated carbocycles. The molecule has 0 radical (unpaired) electrons. The Morgan fingerprint density at radius 1 is 1.36 bits per heavy atom.